The summed E-state index contributed by atoms with van der Waals surface area (Å²) in [4.78, 5) is 4.52. The Bertz CT molecular complexity index is 1230. The van der Waals surface area contributed by atoms with E-state index in [9.17, 15) is 0 Å². The van der Waals surface area contributed by atoms with Crippen molar-refractivity contribution < 1.29 is 9.47 Å². The van der Waals surface area contributed by atoms with Gasteiger partial charge in [-0.3, -0.25) is 5.43 Å². The quantitative estimate of drug-likeness (QED) is 0.213. The van der Waals surface area contributed by atoms with Gasteiger partial charge in [0.15, 0.2) is 11.5 Å². The Hall–Kier alpha value is -3.06. The van der Waals surface area contributed by atoms with Crippen LogP contribution < -0.4 is 14.9 Å². The van der Waals surface area contributed by atoms with Crippen molar-refractivity contribution in [1.82, 2.24) is 4.98 Å². The van der Waals surface area contributed by atoms with Crippen LogP contribution in [0, 0.1) is 0 Å². The number of benzene rings is 3. The average Bonchev–Trinajstić information content (AvgIpc) is 3.27. The van der Waals surface area contributed by atoms with Crippen molar-refractivity contribution in [3.8, 4) is 22.8 Å². The lowest BCUT2D eigenvalue weighted by Gasteiger charge is -2.11. The molecule has 0 radical (unpaired) electrons. The van der Waals surface area contributed by atoms with Gasteiger partial charge in [0.25, 0.3) is 0 Å². The number of ether oxygens (including phenoxy) is 2. The second-order valence-corrected chi connectivity index (χ2v) is 8.42. The van der Waals surface area contributed by atoms with Crippen molar-refractivity contribution in [2.24, 2.45) is 5.10 Å². The van der Waals surface area contributed by atoms with Gasteiger partial charge >= 0.3 is 0 Å². The van der Waals surface area contributed by atoms with Crippen molar-refractivity contribution in [2.45, 2.75) is 6.61 Å². The van der Waals surface area contributed by atoms with E-state index in [0.29, 0.717) is 33.3 Å². The smallest absolute Gasteiger partial charge is 0.203 e. The first-order valence-corrected chi connectivity index (χ1v) is 11.3. The lowest BCUT2D eigenvalue weighted by atomic mass is 10.2. The van der Waals surface area contributed by atoms with Crippen LogP contribution in [0.25, 0.3) is 11.3 Å². The number of hydrogen-bond donors (Lipinski definition) is 1. The summed E-state index contributed by atoms with van der Waals surface area (Å²) < 4.78 is 11.4. The molecule has 1 N–H and O–H groups in total. The fraction of sp³-hybridized carbons (Fsp3) is 0.0833. The van der Waals surface area contributed by atoms with Gasteiger partial charge in [-0.25, -0.2) is 4.98 Å². The van der Waals surface area contributed by atoms with E-state index in [1.165, 1.54) is 11.3 Å². The highest BCUT2D eigenvalue weighted by molar-refractivity contribution is 7.14. The van der Waals surface area contributed by atoms with E-state index in [1.807, 2.05) is 60.0 Å². The minimum absolute atomic E-state index is 0.468. The van der Waals surface area contributed by atoms with Crippen LogP contribution in [-0.2, 0) is 6.61 Å². The predicted octanol–water partition coefficient (Wildman–Crippen LogP) is 7.15. The zero-order valence-corrected chi connectivity index (χ0v) is 19.4. The van der Waals surface area contributed by atoms with Crippen LogP contribution in [0.2, 0.25) is 10.0 Å². The first kappa shape index (κ1) is 22.1. The highest BCUT2D eigenvalue weighted by Gasteiger charge is 2.09. The molecule has 5 nitrogen and oxygen atoms in total. The van der Waals surface area contributed by atoms with Gasteiger partial charge in [0.2, 0.25) is 5.13 Å². The molecule has 32 heavy (non-hydrogen) atoms. The second kappa shape index (κ2) is 10.5. The number of thiazole rings is 1. The molecule has 0 unspecified atom stereocenters. The minimum Gasteiger partial charge on any atom is -0.493 e. The molecular formula is C24H19Cl2N3O2S. The minimum atomic E-state index is 0.468. The third kappa shape index (κ3) is 5.59. The van der Waals surface area contributed by atoms with Gasteiger partial charge in [-0.05, 0) is 47.5 Å². The molecule has 0 atom stereocenters. The maximum atomic E-state index is 6.26. The van der Waals surface area contributed by atoms with Gasteiger partial charge in [-0.15, -0.1) is 11.3 Å². The molecule has 0 aliphatic carbocycles. The zero-order chi connectivity index (χ0) is 22.3. The molecule has 0 aliphatic heterocycles. The van der Waals surface area contributed by atoms with Gasteiger partial charge in [0, 0.05) is 16.0 Å². The van der Waals surface area contributed by atoms with E-state index >= 15 is 0 Å². The van der Waals surface area contributed by atoms with Gasteiger partial charge in [0.05, 0.1) is 24.0 Å². The highest BCUT2D eigenvalue weighted by atomic mass is 35.5. The molecule has 0 saturated carbocycles. The molecule has 1 heterocycles. The molecule has 0 bridgehead atoms. The Labute approximate surface area is 200 Å². The van der Waals surface area contributed by atoms with Crippen LogP contribution in [0.4, 0.5) is 5.13 Å². The first-order valence-electron chi connectivity index (χ1n) is 9.67. The molecule has 162 valence electrons. The van der Waals surface area contributed by atoms with Gasteiger partial charge in [-0.1, -0.05) is 53.5 Å². The van der Waals surface area contributed by atoms with E-state index in [1.54, 1.807) is 25.5 Å². The summed E-state index contributed by atoms with van der Waals surface area (Å²) in [5.74, 6) is 1.31. The predicted molar refractivity (Wildman–Crippen MR) is 133 cm³/mol. The third-order valence-electron chi connectivity index (χ3n) is 4.51. The van der Waals surface area contributed by atoms with Crippen molar-refractivity contribution in [3.05, 3.63) is 93.3 Å². The summed E-state index contributed by atoms with van der Waals surface area (Å²) >= 11 is 13.7. The fourth-order valence-corrected chi connectivity index (χ4v) is 4.09. The van der Waals surface area contributed by atoms with Crippen LogP contribution in [0.15, 0.2) is 77.2 Å². The van der Waals surface area contributed by atoms with Crippen LogP contribution >= 0.6 is 34.5 Å². The number of methoxy groups -OCH3 is 1. The standard InChI is InChI=1S/C24H19Cl2N3O2S/c1-30-23-11-17(7-10-22(23)31-14-16-5-3-2-4-6-16)13-27-29-24-28-21(15-32-24)19-9-8-18(25)12-20(19)26/h2-13,15H,14H2,1H3,(H,28,29)/b27-13-. The van der Waals surface area contributed by atoms with E-state index in [-0.39, 0.29) is 0 Å². The van der Waals surface area contributed by atoms with Crippen LogP contribution in [-0.4, -0.2) is 18.3 Å². The normalized spacial score (nSPS) is 11.0. The van der Waals surface area contributed by atoms with Gasteiger partial charge in [-0.2, -0.15) is 5.10 Å². The Balaban J connectivity index is 1.40. The van der Waals surface area contributed by atoms with Crippen LogP contribution in [0.5, 0.6) is 11.5 Å². The number of aromatic nitrogens is 1. The Morgan fingerprint density at radius 3 is 2.66 bits per heavy atom. The summed E-state index contributed by atoms with van der Waals surface area (Å²) in [6, 6.07) is 21.0. The van der Waals surface area contributed by atoms with E-state index in [0.717, 1.165) is 22.4 Å². The molecule has 0 saturated heterocycles. The molecule has 3 aromatic carbocycles. The zero-order valence-electron chi connectivity index (χ0n) is 17.1. The number of nitrogens with one attached hydrogen (secondary N) is 1. The molecule has 4 rings (SSSR count). The van der Waals surface area contributed by atoms with Crippen molar-refractivity contribution >= 4 is 45.9 Å². The number of hydrazone groups is 1. The largest absolute Gasteiger partial charge is 0.493 e. The van der Waals surface area contributed by atoms with Crippen LogP contribution in [0.1, 0.15) is 11.1 Å². The maximum Gasteiger partial charge on any atom is 0.203 e. The topological polar surface area (TPSA) is 55.7 Å². The fourth-order valence-electron chi connectivity index (χ4n) is 2.93. The number of halogens is 2. The van der Waals surface area contributed by atoms with Crippen molar-refractivity contribution in [1.29, 1.82) is 0 Å². The van der Waals surface area contributed by atoms with Gasteiger partial charge < -0.3 is 9.47 Å². The molecule has 1 aromatic heterocycles. The lowest BCUT2D eigenvalue weighted by molar-refractivity contribution is 0.284. The molecule has 8 heteroatoms. The first-order chi connectivity index (χ1) is 15.6. The van der Waals surface area contributed by atoms with E-state index in [4.69, 9.17) is 32.7 Å². The van der Waals surface area contributed by atoms with Crippen molar-refractivity contribution in [2.75, 3.05) is 12.5 Å². The molecule has 4 aromatic rings. The molecule has 0 fully saturated rings. The second-order valence-electron chi connectivity index (χ2n) is 6.72. The number of nitrogens with zero attached hydrogens (tertiary/aromatic N) is 2. The van der Waals surface area contributed by atoms with Crippen LogP contribution in [0.3, 0.4) is 0 Å². The maximum absolute atomic E-state index is 6.26. The number of anilines is 1. The molecule has 0 aliphatic rings. The Kier molecular flexibility index (Phi) is 7.27. The summed E-state index contributed by atoms with van der Waals surface area (Å²) in [6.07, 6.45) is 1.69. The summed E-state index contributed by atoms with van der Waals surface area (Å²) in [7, 11) is 1.61. The molecule has 0 amide bonds. The monoisotopic (exact) mass is 483 g/mol. The molecule has 0 spiro atoms. The SMILES string of the molecule is COc1cc(/C=N\Nc2nc(-c3ccc(Cl)cc3Cl)cs2)ccc1OCc1ccccc1. The molecular weight excluding hydrogens is 465 g/mol. The van der Waals surface area contributed by atoms with Crippen molar-refractivity contribution in [3.63, 3.8) is 0 Å². The summed E-state index contributed by atoms with van der Waals surface area (Å²) in [6.45, 7) is 0.468. The number of hydrogen-bond acceptors (Lipinski definition) is 6. The Morgan fingerprint density at radius 2 is 1.88 bits per heavy atom. The van der Waals surface area contributed by atoms with E-state index < -0.39 is 0 Å². The van der Waals surface area contributed by atoms with Gasteiger partial charge in [0.1, 0.15) is 6.61 Å². The summed E-state index contributed by atoms with van der Waals surface area (Å²) in [5, 5.41) is 7.98. The number of rotatable bonds is 8. The average molecular weight is 484 g/mol. The highest BCUT2D eigenvalue weighted by Crippen LogP contribution is 2.32. The Morgan fingerprint density at radius 1 is 1.03 bits per heavy atom. The van der Waals surface area contributed by atoms with E-state index in [2.05, 4.69) is 15.5 Å². The lowest BCUT2D eigenvalue weighted by Crippen LogP contribution is -1.98. The summed E-state index contributed by atoms with van der Waals surface area (Å²) in [5.41, 5.74) is 6.48. The third-order valence-corrected chi connectivity index (χ3v) is 5.80.